The van der Waals surface area contributed by atoms with Crippen molar-refractivity contribution < 1.29 is 18.0 Å². The number of sulfonamides is 1. The van der Waals surface area contributed by atoms with E-state index in [0.717, 1.165) is 22.3 Å². The summed E-state index contributed by atoms with van der Waals surface area (Å²) in [5.41, 5.74) is 3.38. The predicted molar refractivity (Wildman–Crippen MR) is 161 cm³/mol. The van der Waals surface area contributed by atoms with E-state index < -0.39 is 34.1 Å². The summed E-state index contributed by atoms with van der Waals surface area (Å²) in [6.45, 7) is 12.9. The number of nitrogens with zero attached hydrogens (tertiary/aromatic N) is 2. The second-order valence-electron chi connectivity index (χ2n) is 11.2. The summed E-state index contributed by atoms with van der Waals surface area (Å²) in [6, 6.07) is 20.6. The topological polar surface area (TPSA) is 86.8 Å². The van der Waals surface area contributed by atoms with E-state index in [1.54, 1.807) is 36.4 Å². The first-order valence-corrected chi connectivity index (χ1v) is 15.0. The van der Waals surface area contributed by atoms with E-state index in [1.165, 1.54) is 9.21 Å². The zero-order chi connectivity index (χ0) is 29.7. The number of aryl methyl sites for hydroxylation is 2. The van der Waals surface area contributed by atoms with Crippen LogP contribution in [0.15, 0.2) is 77.7 Å². The molecule has 8 heteroatoms. The van der Waals surface area contributed by atoms with E-state index >= 15 is 0 Å². The summed E-state index contributed by atoms with van der Waals surface area (Å²) in [4.78, 5) is 29.2. The normalized spacial score (nSPS) is 12.5. The minimum Gasteiger partial charge on any atom is -0.350 e. The molecule has 0 aliphatic carbocycles. The van der Waals surface area contributed by atoms with Gasteiger partial charge in [0.05, 0.1) is 10.6 Å². The van der Waals surface area contributed by atoms with Gasteiger partial charge in [0.1, 0.15) is 12.6 Å². The van der Waals surface area contributed by atoms with Crippen LogP contribution in [0.4, 0.5) is 5.69 Å². The molecule has 1 atom stereocenters. The predicted octanol–water partition coefficient (Wildman–Crippen LogP) is 5.53. The zero-order valence-electron chi connectivity index (χ0n) is 24.6. The van der Waals surface area contributed by atoms with Crippen LogP contribution in [-0.2, 0) is 26.2 Å². The lowest BCUT2D eigenvalue weighted by atomic mass is 10.1. The van der Waals surface area contributed by atoms with Crippen molar-refractivity contribution in [1.82, 2.24) is 10.2 Å². The molecule has 3 aromatic carbocycles. The van der Waals surface area contributed by atoms with Gasteiger partial charge in [-0.15, -0.1) is 0 Å². The summed E-state index contributed by atoms with van der Waals surface area (Å²) >= 11 is 0. The molecule has 0 heterocycles. The first-order chi connectivity index (χ1) is 18.7. The molecule has 1 N–H and O–H groups in total. The molecule has 0 saturated heterocycles. The van der Waals surface area contributed by atoms with E-state index in [1.807, 2.05) is 84.9 Å². The molecule has 0 radical (unpaired) electrons. The molecule has 40 heavy (non-hydrogen) atoms. The molecule has 0 aliphatic heterocycles. The number of benzene rings is 3. The SMILES string of the molecule is CC[C@H](C(=O)NC(C)(C)C)N(Cc1ccccc1)C(=O)CN(c1cccc(C)c1C)S(=O)(=O)c1ccc(C)cc1. The van der Waals surface area contributed by atoms with Crippen molar-refractivity contribution >= 4 is 27.5 Å². The summed E-state index contributed by atoms with van der Waals surface area (Å²) in [7, 11) is -4.11. The Hall–Kier alpha value is -3.65. The van der Waals surface area contributed by atoms with Gasteiger partial charge in [0.15, 0.2) is 0 Å². The Balaban J connectivity index is 2.10. The van der Waals surface area contributed by atoms with Crippen molar-refractivity contribution in [2.24, 2.45) is 0 Å². The zero-order valence-corrected chi connectivity index (χ0v) is 25.4. The van der Waals surface area contributed by atoms with Crippen molar-refractivity contribution in [2.45, 2.75) is 77.9 Å². The van der Waals surface area contributed by atoms with Gasteiger partial charge < -0.3 is 10.2 Å². The van der Waals surface area contributed by atoms with E-state index in [-0.39, 0.29) is 17.3 Å². The standard InChI is InChI=1S/C32H41N3O4S/c1-8-28(31(37)33-32(5,6)7)34(21-26-14-10-9-11-15-26)30(36)22-35(29-16-12-13-24(3)25(29)4)40(38,39)27-19-17-23(2)18-20-27/h9-20,28H,8,21-22H2,1-7H3,(H,33,37)/t28-/m1/s1. The second kappa shape index (κ2) is 12.7. The highest BCUT2D eigenvalue weighted by molar-refractivity contribution is 7.92. The van der Waals surface area contributed by atoms with Gasteiger partial charge in [-0.1, -0.05) is 67.1 Å². The molecule has 0 unspecified atom stereocenters. The Morgan fingerprint density at radius 2 is 1.50 bits per heavy atom. The van der Waals surface area contributed by atoms with E-state index in [2.05, 4.69) is 5.32 Å². The van der Waals surface area contributed by atoms with Gasteiger partial charge in [0.25, 0.3) is 10.0 Å². The summed E-state index contributed by atoms with van der Waals surface area (Å²) in [6.07, 6.45) is 0.370. The summed E-state index contributed by atoms with van der Waals surface area (Å²) in [5.74, 6) is -0.740. The molecular formula is C32H41N3O4S. The van der Waals surface area contributed by atoms with Crippen molar-refractivity contribution in [3.8, 4) is 0 Å². The average molecular weight is 564 g/mol. The van der Waals surface area contributed by atoms with Crippen LogP contribution in [0, 0.1) is 20.8 Å². The van der Waals surface area contributed by atoms with Crippen molar-refractivity contribution in [3.63, 3.8) is 0 Å². The van der Waals surface area contributed by atoms with Crippen LogP contribution in [0.3, 0.4) is 0 Å². The maximum Gasteiger partial charge on any atom is 0.264 e. The molecule has 0 saturated carbocycles. The van der Waals surface area contributed by atoms with Gasteiger partial charge in [-0.25, -0.2) is 8.42 Å². The van der Waals surface area contributed by atoms with Crippen LogP contribution in [0.1, 0.15) is 56.4 Å². The van der Waals surface area contributed by atoms with Crippen molar-refractivity contribution in [2.75, 3.05) is 10.8 Å². The fourth-order valence-electron chi connectivity index (χ4n) is 4.51. The van der Waals surface area contributed by atoms with E-state index in [4.69, 9.17) is 0 Å². The second-order valence-corrected chi connectivity index (χ2v) is 13.1. The molecule has 214 valence electrons. The Labute approximate surface area is 239 Å². The number of amides is 2. The van der Waals surface area contributed by atoms with Crippen LogP contribution in [0.2, 0.25) is 0 Å². The first-order valence-electron chi connectivity index (χ1n) is 13.6. The lowest BCUT2D eigenvalue weighted by Crippen LogP contribution is -2.55. The molecule has 0 aliphatic rings. The van der Waals surface area contributed by atoms with Crippen LogP contribution in [-0.4, -0.2) is 43.3 Å². The highest BCUT2D eigenvalue weighted by Crippen LogP contribution is 2.29. The molecule has 3 aromatic rings. The molecule has 0 fully saturated rings. The first kappa shape index (κ1) is 30.9. The van der Waals surface area contributed by atoms with Crippen molar-refractivity contribution in [3.05, 3.63) is 95.1 Å². The summed E-state index contributed by atoms with van der Waals surface area (Å²) in [5, 5.41) is 2.99. The van der Waals surface area contributed by atoms with Gasteiger partial charge in [-0.3, -0.25) is 13.9 Å². The third-order valence-corrected chi connectivity index (χ3v) is 8.59. The van der Waals surface area contributed by atoms with Gasteiger partial charge in [-0.2, -0.15) is 0 Å². The minimum absolute atomic E-state index is 0.0962. The smallest absolute Gasteiger partial charge is 0.264 e. The number of carbonyl (C=O) groups is 2. The number of hydrogen-bond donors (Lipinski definition) is 1. The Morgan fingerprint density at radius 3 is 2.08 bits per heavy atom. The molecule has 0 aromatic heterocycles. The third-order valence-electron chi connectivity index (χ3n) is 6.81. The van der Waals surface area contributed by atoms with Crippen LogP contribution in [0.25, 0.3) is 0 Å². The lowest BCUT2D eigenvalue weighted by molar-refractivity contribution is -0.141. The lowest BCUT2D eigenvalue weighted by Gasteiger charge is -2.35. The highest BCUT2D eigenvalue weighted by Gasteiger charge is 2.35. The van der Waals surface area contributed by atoms with Crippen LogP contribution in [0.5, 0.6) is 0 Å². The molecule has 0 bridgehead atoms. The molecule has 0 spiro atoms. The van der Waals surface area contributed by atoms with Crippen molar-refractivity contribution in [1.29, 1.82) is 0 Å². The molecule has 2 amide bonds. The number of hydrogen-bond acceptors (Lipinski definition) is 4. The fraction of sp³-hybridized carbons (Fsp3) is 0.375. The quantitative estimate of drug-likeness (QED) is 0.352. The molecule has 3 rings (SSSR count). The van der Waals surface area contributed by atoms with E-state index in [9.17, 15) is 18.0 Å². The Morgan fingerprint density at radius 1 is 0.875 bits per heavy atom. The fourth-order valence-corrected chi connectivity index (χ4v) is 5.98. The van der Waals surface area contributed by atoms with E-state index in [0.29, 0.717) is 12.1 Å². The number of carbonyl (C=O) groups excluding carboxylic acids is 2. The Kier molecular flexibility index (Phi) is 9.79. The Bertz CT molecular complexity index is 1430. The van der Waals surface area contributed by atoms with Crippen LogP contribution >= 0.6 is 0 Å². The largest absolute Gasteiger partial charge is 0.350 e. The minimum atomic E-state index is -4.11. The molecular weight excluding hydrogens is 522 g/mol. The maximum atomic E-state index is 14.2. The van der Waals surface area contributed by atoms with Gasteiger partial charge in [-0.05, 0) is 82.9 Å². The van der Waals surface area contributed by atoms with Gasteiger partial charge in [0, 0.05) is 12.1 Å². The maximum absolute atomic E-state index is 14.2. The third kappa shape index (κ3) is 7.50. The monoisotopic (exact) mass is 563 g/mol. The number of nitrogens with one attached hydrogen (secondary N) is 1. The summed E-state index contributed by atoms with van der Waals surface area (Å²) < 4.78 is 29.3. The number of rotatable bonds is 10. The van der Waals surface area contributed by atoms with Gasteiger partial charge in [0.2, 0.25) is 11.8 Å². The number of anilines is 1. The van der Waals surface area contributed by atoms with Gasteiger partial charge >= 0.3 is 0 Å². The van der Waals surface area contributed by atoms with Crippen LogP contribution < -0.4 is 9.62 Å². The molecule has 7 nitrogen and oxygen atoms in total. The average Bonchev–Trinajstić information content (AvgIpc) is 2.88. The highest BCUT2D eigenvalue weighted by atomic mass is 32.2.